The number of rotatable bonds is 10. The van der Waals surface area contributed by atoms with E-state index in [4.69, 9.17) is 21.1 Å². The molecular weight excluding hydrogens is 354 g/mol. The quantitative estimate of drug-likeness (QED) is 0.376. The third-order valence-electron chi connectivity index (χ3n) is 3.60. The van der Waals surface area contributed by atoms with Crippen molar-refractivity contribution in [2.45, 2.75) is 13.0 Å². The molecule has 1 aromatic carbocycles. The van der Waals surface area contributed by atoms with E-state index in [-0.39, 0.29) is 0 Å². The van der Waals surface area contributed by atoms with E-state index in [0.717, 1.165) is 30.2 Å². The molecule has 0 atom stereocenters. The zero-order chi connectivity index (χ0) is 18.6. The molecule has 0 radical (unpaired) electrons. The van der Waals surface area contributed by atoms with E-state index >= 15 is 0 Å². The van der Waals surface area contributed by atoms with Gasteiger partial charge in [-0.15, -0.1) is 0 Å². The van der Waals surface area contributed by atoms with E-state index < -0.39 is 0 Å². The zero-order valence-electron chi connectivity index (χ0n) is 15.2. The molecule has 0 amide bonds. The van der Waals surface area contributed by atoms with E-state index in [0.29, 0.717) is 31.4 Å². The summed E-state index contributed by atoms with van der Waals surface area (Å²) in [6.45, 7) is 3.37. The number of halogens is 1. The summed E-state index contributed by atoms with van der Waals surface area (Å²) in [5.41, 5.74) is 2.03. The third-order valence-corrected chi connectivity index (χ3v) is 3.85. The van der Waals surface area contributed by atoms with Crippen LogP contribution in [0, 0.1) is 0 Å². The molecule has 0 saturated heterocycles. The molecule has 0 aliphatic heterocycles. The second kappa shape index (κ2) is 11.5. The Morgan fingerprint density at radius 3 is 2.73 bits per heavy atom. The van der Waals surface area contributed by atoms with Gasteiger partial charge in [-0.05, 0) is 30.7 Å². The average Bonchev–Trinajstić information content (AvgIpc) is 3.13. The summed E-state index contributed by atoms with van der Waals surface area (Å²) >= 11 is 5.92. The minimum atomic E-state index is 0.625. The van der Waals surface area contributed by atoms with Gasteiger partial charge in [-0.1, -0.05) is 11.6 Å². The van der Waals surface area contributed by atoms with Crippen molar-refractivity contribution >= 4 is 17.6 Å². The summed E-state index contributed by atoms with van der Waals surface area (Å²) in [4.78, 5) is 4.22. The van der Waals surface area contributed by atoms with Gasteiger partial charge < -0.3 is 20.1 Å². The molecule has 0 aliphatic carbocycles. The molecular formula is C18H26ClN5O2. The van der Waals surface area contributed by atoms with Crippen LogP contribution >= 0.6 is 11.6 Å². The maximum absolute atomic E-state index is 5.92. The van der Waals surface area contributed by atoms with Gasteiger partial charge in [0, 0.05) is 50.6 Å². The molecule has 1 heterocycles. The fourth-order valence-electron chi connectivity index (χ4n) is 2.22. The number of aromatic nitrogens is 2. The molecule has 0 aliphatic rings. The number of hydrogen-bond acceptors (Lipinski definition) is 4. The highest BCUT2D eigenvalue weighted by molar-refractivity contribution is 6.30. The van der Waals surface area contributed by atoms with E-state index in [9.17, 15) is 0 Å². The van der Waals surface area contributed by atoms with Crippen molar-refractivity contribution in [2.75, 3.05) is 40.5 Å². The molecule has 142 valence electrons. The van der Waals surface area contributed by atoms with Gasteiger partial charge in [0.2, 0.25) is 0 Å². The van der Waals surface area contributed by atoms with Gasteiger partial charge in [0.15, 0.2) is 5.96 Å². The summed E-state index contributed by atoms with van der Waals surface area (Å²) in [6, 6.07) is 7.56. The molecule has 0 unspecified atom stereocenters. The molecule has 8 heteroatoms. The maximum atomic E-state index is 5.92. The van der Waals surface area contributed by atoms with Crippen LogP contribution in [0.25, 0.3) is 5.69 Å². The number of aliphatic imine (C=N–C) groups is 1. The Morgan fingerprint density at radius 1 is 1.19 bits per heavy atom. The monoisotopic (exact) mass is 379 g/mol. The molecule has 0 bridgehead atoms. The fourth-order valence-corrected chi connectivity index (χ4v) is 2.34. The van der Waals surface area contributed by atoms with Crippen LogP contribution in [0.3, 0.4) is 0 Å². The van der Waals surface area contributed by atoms with Crippen LogP contribution in [0.1, 0.15) is 12.0 Å². The van der Waals surface area contributed by atoms with E-state index in [2.05, 4.69) is 20.7 Å². The van der Waals surface area contributed by atoms with Crippen LogP contribution < -0.4 is 10.6 Å². The van der Waals surface area contributed by atoms with Gasteiger partial charge in [-0.3, -0.25) is 4.99 Å². The predicted octanol–water partition coefficient (Wildman–Crippen LogP) is 2.24. The number of hydrogen-bond donors (Lipinski definition) is 2. The van der Waals surface area contributed by atoms with Crippen LogP contribution in [0.5, 0.6) is 0 Å². The molecule has 26 heavy (non-hydrogen) atoms. The first-order valence-corrected chi connectivity index (χ1v) is 8.91. The number of methoxy groups -OCH3 is 1. The maximum Gasteiger partial charge on any atom is 0.191 e. The van der Waals surface area contributed by atoms with Gasteiger partial charge in [-0.25, -0.2) is 4.68 Å². The molecule has 7 nitrogen and oxygen atoms in total. The van der Waals surface area contributed by atoms with Crippen molar-refractivity contribution in [1.29, 1.82) is 0 Å². The molecule has 1 aromatic heterocycles. The van der Waals surface area contributed by atoms with Crippen molar-refractivity contribution in [3.05, 3.63) is 47.2 Å². The van der Waals surface area contributed by atoms with Crippen molar-refractivity contribution < 1.29 is 9.47 Å². The van der Waals surface area contributed by atoms with Crippen LogP contribution in [0.4, 0.5) is 0 Å². The first-order chi connectivity index (χ1) is 12.7. The summed E-state index contributed by atoms with van der Waals surface area (Å²) in [5.74, 6) is 0.751. The molecule has 2 aromatic rings. The van der Waals surface area contributed by atoms with Gasteiger partial charge in [-0.2, -0.15) is 5.10 Å². The molecule has 2 rings (SSSR count). The molecule has 0 spiro atoms. The van der Waals surface area contributed by atoms with Gasteiger partial charge in [0.1, 0.15) is 0 Å². The Hall–Kier alpha value is -2.09. The van der Waals surface area contributed by atoms with Crippen molar-refractivity contribution in [3.8, 4) is 5.69 Å². The predicted molar refractivity (Wildman–Crippen MR) is 104 cm³/mol. The van der Waals surface area contributed by atoms with Gasteiger partial charge >= 0.3 is 0 Å². The summed E-state index contributed by atoms with van der Waals surface area (Å²) < 4.78 is 12.2. The molecule has 2 N–H and O–H groups in total. The topological polar surface area (TPSA) is 72.7 Å². The first-order valence-electron chi connectivity index (χ1n) is 8.53. The number of ether oxygens (including phenoxy) is 2. The summed E-state index contributed by atoms with van der Waals surface area (Å²) in [5, 5.41) is 11.6. The van der Waals surface area contributed by atoms with Crippen molar-refractivity contribution in [2.24, 2.45) is 4.99 Å². The fraction of sp³-hybridized carbons (Fsp3) is 0.444. The summed E-state index contributed by atoms with van der Waals surface area (Å²) in [6.07, 6.45) is 4.71. The first kappa shape index (κ1) is 20.2. The minimum absolute atomic E-state index is 0.625. The second-order valence-electron chi connectivity index (χ2n) is 5.58. The lowest BCUT2D eigenvalue weighted by atomic mass is 10.3. The third kappa shape index (κ3) is 7.03. The number of nitrogens with one attached hydrogen (secondary N) is 2. The Balaban J connectivity index is 1.71. The van der Waals surface area contributed by atoms with Crippen molar-refractivity contribution in [3.63, 3.8) is 0 Å². The van der Waals surface area contributed by atoms with Crippen LogP contribution in [0.2, 0.25) is 5.02 Å². The molecule has 0 fully saturated rings. The number of nitrogens with zero attached hydrogens (tertiary/aromatic N) is 3. The Morgan fingerprint density at radius 2 is 2.00 bits per heavy atom. The lowest BCUT2D eigenvalue weighted by Gasteiger charge is -2.11. The summed E-state index contributed by atoms with van der Waals surface area (Å²) in [7, 11) is 3.42. The van der Waals surface area contributed by atoms with E-state index in [1.807, 2.05) is 41.3 Å². The lowest BCUT2D eigenvalue weighted by molar-refractivity contribution is 0.0698. The minimum Gasteiger partial charge on any atom is -0.382 e. The van der Waals surface area contributed by atoms with Crippen LogP contribution in [-0.2, 0) is 16.0 Å². The lowest BCUT2D eigenvalue weighted by Crippen LogP contribution is -2.37. The van der Waals surface area contributed by atoms with Gasteiger partial charge in [0.25, 0.3) is 0 Å². The largest absolute Gasteiger partial charge is 0.382 e. The number of guanidine groups is 1. The van der Waals surface area contributed by atoms with E-state index in [1.165, 1.54) is 0 Å². The number of benzene rings is 1. The second-order valence-corrected chi connectivity index (χ2v) is 6.02. The highest BCUT2D eigenvalue weighted by atomic mass is 35.5. The van der Waals surface area contributed by atoms with Crippen molar-refractivity contribution in [1.82, 2.24) is 20.4 Å². The van der Waals surface area contributed by atoms with Crippen LogP contribution in [0.15, 0.2) is 41.7 Å². The Bertz CT molecular complexity index is 672. The Kier molecular flexibility index (Phi) is 8.95. The van der Waals surface area contributed by atoms with Crippen LogP contribution in [-0.4, -0.2) is 56.3 Å². The van der Waals surface area contributed by atoms with E-state index in [1.54, 1.807) is 14.2 Å². The average molecular weight is 380 g/mol. The highest BCUT2D eigenvalue weighted by Gasteiger charge is 2.03. The standard InChI is InChI=1S/C18H26ClN5O2/c1-20-18(21-8-3-9-26-11-10-25-2)22-12-15-13-23-24(14-15)17-6-4-16(19)5-7-17/h4-7,13-14H,3,8-12H2,1-2H3,(H2,20,21,22). The SMILES string of the molecule is CN=C(NCCCOCCOC)NCc1cnn(-c2ccc(Cl)cc2)c1. The smallest absolute Gasteiger partial charge is 0.191 e. The zero-order valence-corrected chi connectivity index (χ0v) is 16.0. The highest BCUT2D eigenvalue weighted by Crippen LogP contribution is 2.13. The normalized spacial score (nSPS) is 11.6. The van der Waals surface area contributed by atoms with Gasteiger partial charge in [0.05, 0.1) is 25.1 Å². The molecule has 0 saturated carbocycles. The Labute approximate surface area is 159 Å².